The van der Waals surface area contributed by atoms with Gasteiger partial charge in [0.05, 0.1) is 29.9 Å². The van der Waals surface area contributed by atoms with Crippen LogP contribution in [-0.4, -0.2) is 36.9 Å². The van der Waals surface area contributed by atoms with Crippen LogP contribution in [0.5, 0.6) is 0 Å². The first kappa shape index (κ1) is 17.4. The highest BCUT2D eigenvalue weighted by molar-refractivity contribution is 7.92. The van der Waals surface area contributed by atoms with E-state index in [2.05, 4.69) is 20.5 Å². The lowest BCUT2D eigenvalue weighted by Crippen LogP contribution is -2.28. The molecule has 134 valence electrons. The van der Waals surface area contributed by atoms with Crippen molar-refractivity contribution in [3.05, 3.63) is 41.7 Å². The third-order valence-corrected chi connectivity index (χ3v) is 4.38. The lowest BCUT2D eigenvalue weighted by atomic mass is 10.2. The molecular weight excluding hydrogens is 342 g/mol. The minimum atomic E-state index is -3.35. The zero-order chi connectivity index (χ0) is 17.9. The largest absolute Gasteiger partial charge is 0.326 e. The monoisotopic (exact) mass is 363 g/mol. The molecule has 8 nitrogen and oxygen atoms in total. The van der Waals surface area contributed by atoms with Gasteiger partial charge in [0.15, 0.2) is 0 Å². The van der Waals surface area contributed by atoms with Gasteiger partial charge in [0, 0.05) is 31.6 Å². The van der Waals surface area contributed by atoms with Crippen molar-refractivity contribution in [2.75, 3.05) is 22.8 Å². The summed E-state index contributed by atoms with van der Waals surface area (Å²) in [7, 11) is -3.35. The molecule has 0 bridgehead atoms. The third-order valence-electron chi connectivity index (χ3n) is 3.78. The average Bonchev–Trinajstić information content (AvgIpc) is 2.94. The van der Waals surface area contributed by atoms with Gasteiger partial charge >= 0.3 is 0 Å². The lowest BCUT2D eigenvalue weighted by molar-refractivity contribution is -0.116. The summed E-state index contributed by atoms with van der Waals surface area (Å²) in [4.78, 5) is 12.1. The zero-order valence-electron chi connectivity index (χ0n) is 13.9. The van der Waals surface area contributed by atoms with Crippen LogP contribution in [0.1, 0.15) is 17.8 Å². The molecule has 0 aliphatic carbocycles. The maximum absolute atomic E-state index is 12.1. The topological polar surface area (TPSA) is 105 Å². The second-order valence-electron chi connectivity index (χ2n) is 6.03. The summed E-state index contributed by atoms with van der Waals surface area (Å²) in [5, 5.41) is 10.6. The summed E-state index contributed by atoms with van der Waals surface area (Å²) in [5.74, 6) is -0.138. The molecule has 3 rings (SSSR count). The maximum atomic E-state index is 12.1. The van der Waals surface area contributed by atoms with E-state index < -0.39 is 10.0 Å². The highest BCUT2D eigenvalue weighted by atomic mass is 32.2. The number of rotatable bonds is 6. The van der Waals surface area contributed by atoms with E-state index in [0.717, 1.165) is 37.3 Å². The Morgan fingerprint density at radius 3 is 2.88 bits per heavy atom. The van der Waals surface area contributed by atoms with Crippen LogP contribution in [0.15, 0.2) is 30.3 Å². The first-order valence-electron chi connectivity index (χ1n) is 8.03. The van der Waals surface area contributed by atoms with E-state index in [4.69, 9.17) is 0 Å². The van der Waals surface area contributed by atoms with Crippen molar-refractivity contribution in [1.29, 1.82) is 0 Å². The number of sulfonamides is 1. The van der Waals surface area contributed by atoms with Crippen molar-refractivity contribution in [3.8, 4) is 0 Å². The van der Waals surface area contributed by atoms with Gasteiger partial charge < -0.3 is 10.6 Å². The Labute approximate surface area is 146 Å². The second-order valence-corrected chi connectivity index (χ2v) is 7.78. The number of aryl methyl sites for hydroxylation is 1. The Bertz CT molecular complexity index is 852. The fourth-order valence-electron chi connectivity index (χ4n) is 2.71. The van der Waals surface area contributed by atoms with E-state index in [1.807, 2.05) is 10.7 Å². The number of carbonyl (C=O) groups excluding carboxylic acids is 1. The number of carbonyl (C=O) groups is 1. The van der Waals surface area contributed by atoms with Gasteiger partial charge in [-0.15, -0.1) is 0 Å². The van der Waals surface area contributed by atoms with E-state index in [1.54, 1.807) is 24.3 Å². The van der Waals surface area contributed by atoms with E-state index in [1.165, 1.54) is 0 Å². The van der Waals surface area contributed by atoms with Crippen LogP contribution >= 0.6 is 0 Å². The van der Waals surface area contributed by atoms with Gasteiger partial charge in [-0.25, -0.2) is 8.42 Å². The van der Waals surface area contributed by atoms with Crippen molar-refractivity contribution < 1.29 is 13.2 Å². The van der Waals surface area contributed by atoms with Crippen LogP contribution in [0.3, 0.4) is 0 Å². The van der Waals surface area contributed by atoms with Crippen LogP contribution in [0.4, 0.5) is 11.4 Å². The second kappa shape index (κ2) is 7.24. The number of nitrogens with one attached hydrogen (secondary N) is 3. The number of hydrogen-bond donors (Lipinski definition) is 3. The smallest absolute Gasteiger partial charge is 0.229 e. The Morgan fingerprint density at radius 1 is 1.32 bits per heavy atom. The zero-order valence-corrected chi connectivity index (χ0v) is 14.8. The summed E-state index contributed by atoms with van der Waals surface area (Å²) in [6.07, 6.45) is 1.96. The van der Waals surface area contributed by atoms with Crippen molar-refractivity contribution in [2.45, 2.75) is 25.9 Å². The number of fused-ring (bicyclic) bond motifs is 1. The van der Waals surface area contributed by atoms with E-state index in [9.17, 15) is 13.2 Å². The van der Waals surface area contributed by atoms with Gasteiger partial charge in [-0.2, -0.15) is 5.10 Å². The number of nitrogens with zero attached hydrogens (tertiary/aromatic N) is 2. The summed E-state index contributed by atoms with van der Waals surface area (Å²) in [6, 6.07) is 8.63. The molecule has 0 radical (unpaired) electrons. The van der Waals surface area contributed by atoms with Crippen molar-refractivity contribution in [3.63, 3.8) is 0 Å². The quantitative estimate of drug-likeness (QED) is 0.708. The van der Waals surface area contributed by atoms with E-state index in [-0.39, 0.29) is 5.91 Å². The molecule has 0 atom stereocenters. The molecule has 2 heterocycles. The van der Waals surface area contributed by atoms with Crippen LogP contribution in [0, 0.1) is 0 Å². The number of amides is 1. The van der Waals surface area contributed by atoms with Gasteiger partial charge in [-0.05, 0) is 24.3 Å². The predicted molar refractivity (Wildman–Crippen MR) is 95.8 cm³/mol. The Hall–Kier alpha value is -2.39. The Morgan fingerprint density at radius 2 is 2.12 bits per heavy atom. The number of hydrogen-bond acceptors (Lipinski definition) is 5. The molecule has 0 spiro atoms. The first-order valence-corrected chi connectivity index (χ1v) is 9.92. The highest BCUT2D eigenvalue weighted by Gasteiger charge is 2.13. The molecule has 0 fully saturated rings. The Balaban J connectivity index is 1.55. The fourth-order valence-corrected chi connectivity index (χ4v) is 3.27. The van der Waals surface area contributed by atoms with Crippen molar-refractivity contribution in [1.82, 2.24) is 15.1 Å². The average molecular weight is 363 g/mol. The maximum Gasteiger partial charge on any atom is 0.229 e. The number of benzene rings is 1. The highest BCUT2D eigenvalue weighted by Crippen LogP contribution is 2.17. The molecule has 1 aromatic heterocycles. The van der Waals surface area contributed by atoms with Crippen LogP contribution < -0.4 is 15.4 Å². The van der Waals surface area contributed by atoms with Gasteiger partial charge in [-0.1, -0.05) is 6.07 Å². The van der Waals surface area contributed by atoms with E-state index >= 15 is 0 Å². The molecule has 1 amide bonds. The summed E-state index contributed by atoms with van der Waals surface area (Å²) in [5.41, 5.74) is 3.00. The van der Waals surface area contributed by atoms with Crippen LogP contribution in [0.25, 0.3) is 0 Å². The van der Waals surface area contributed by atoms with Gasteiger partial charge in [0.2, 0.25) is 15.9 Å². The summed E-state index contributed by atoms with van der Waals surface area (Å²) >= 11 is 0. The molecule has 25 heavy (non-hydrogen) atoms. The van der Waals surface area contributed by atoms with Gasteiger partial charge in [0.25, 0.3) is 0 Å². The molecule has 9 heteroatoms. The fraction of sp³-hybridized carbons (Fsp3) is 0.375. The van der Waals surface area contributed by atoms with E-state index in [0.29, 0.717) is 24.2 Å². The first-order chi connectivity index (χ1) is 11.9. The SMILES string of the molecule is CS(=O)(=O)Nc1cccc(NC(=O)CCc2cc3n(n2)CCNC3)c1. The van der Waals surface area contributed by atoms with Gasteiger partial charge in [-0.3, -0.25) is 14.2 Å². The molecule has 0 unspecified atom stereocenters. The Kier molecular flexibility index (Phi) is 5.05. The van der Waals surface area contributed by atoms with Crippen LogP contribution in [0.2, 0.25) is 0 Å². The molecule has 1 aliphatic heterocycles. The molecule has 0 saturated carbocycles. The number of aromatic nitrogens is 2. The third kappa shape index (κ3) is 5.04. The van der Waals surface area contributed by atoms with Gasteiger partial charge in [0.1, 0.15) is 0 Å². The minimum Gasteiger partial charge on any atom is -0.326 e. The standard InChI is InChI=1S/C16H21N5O3S/c1-25(23,24)20-14-4-2-3-12(9-14)18-16(22)6-5-13-10-15-11-17-7-8-21(15)19-13/h2-4,9-10,17,20H,5-8,11H2,1H3,(H,18,22). The normalized spacial score (nSPS) is 14.0. The molecule has 3 N–H and O–H groups in total. The summed E-state index contributed by atoms with van der Waals surface area (Å²) in [6.45, 7) is 2.56. The van der Waals surface area contributed by atoms with Crippen LogP contribution in [-0.2, 0) is 34.3 Å². The molecule has 2 aromatic rings. The molecule has 1 aliphatic rings. The molecular formula is C16H21N5O3S. The summed E-state index contributed by atoms with van der Waals surface area (Å²) < 4.78 is 26.9. The lowest BCUT2D eigenvalue weighted by Gasteiger charge is -2.13. The molecule has 0 saturated heterocycles. The van der Waals surface area contributed by atoms with Crippen molar-refractivity contribution in [2.24, 2.45) is 0 Å². The van der Waals surface area contributed by atoms with Crippen molar-refractivity contribution >= 4 is 27.3 Å². The minimum absolute atomic E-state index is 0.138. The predicted octanol–water partition coefficient (Wildman–Crippen LogP) is 0.929. The molecule has 1 aromatic carbocycles. The number of anilines is 2.